The van der Waals surface area contributed by atoms with Crippen molar-refractivity contribution in [1.29, 1.82) is 0 Å². The first kappa shape index (κ1) is 25.8. The van der Waals surface area contributed by atoms with E-state index in [2.05, 4.69) is 26.7 Å². The fourth-order valence-electron chi connectivity index (χ4n) is 1.48. The zero-order chi connectivity index (χ0) is 18.0. The highest BCUT2D eigenvalue weighted by Gasteiger charge is 2.05. The van der Waals surface area contributed by atoms with E-state index in [1.807, 2.05) is 33.8 Å². The summed E-state index contributed by atoms with van der Waals surface area (Å²) in [6, 6.07) is 2.04. The summed E-state index contributed by atoms with van der Waals surface area (Å²) < 4.78 is 5.22. The van der Waals surface area contributed by atoms with Crippen LogP contribution in [0.15, 0.2) is 6.07 Å². The number of Topliss-reactive ketones (excluding diaryl/α,β-unsaturated/α-hetero) is 1. The fraction of sp³-hybridized carbons (Fsp3) is 0.632. The molecule has 1 aromatic rings. The summed E-state index contributed by atoms with van der Waals surface area (Å²) in [4.78, 5) is 13.0. The maximum absolute atomic E-state index is 10.9. The van der Waals surface area contributed by atoms with Crippen molar-refractivity contribution in [2.24, 2.45) is 0 Å². The van der Waals surface area contributed by atoms with E-state index >= 15 is 0 Å². The zero-order valence-corrected chi connectivity index (χ0v) is 16.3. The van der Waals surface area contributed by atoms with Crippen LogP contribution in [-0.2, 0) is 4.74 Å². The molecule has 128 valence electrons. The highest BCUT2D eigenvalue weighted by atomic mass is 32.1. The van der Waals surface area contributed by atoms with Gasteiger partial charge in [-0.25, -0.2) is 0 Å². The second-order valence-electron chi connectivity index (χ2n) is 4.39. The number of carbonyl (C=O) groups excluding carboxylic acids is 1. The van der Waals surface area contributed by atoms with E-state index in [4.69, 9.17) is 4.74 Å². The third-order valence-electron chi connectivity index (χ3n) is 2.35. The average Bonchev–Trinajstić information content (AvgIpc) is 2.87. The fourth-order valence-corrected chi connectivity index (χ4v) is 2.41. The van der Waals surface area contributed by atoms with Crippen molar-refractivity contribution in [3.05, 3.63) is 21.4 Å². The molecule has 0 saturated carbocycles. The minimum Gasteiger partial charge on any atom is -0.381 e. The molecule has 0 bridgehead atoms. The van der Waals surface area contributed by atoms with Crippen LogP contribution < -0.4 is 0 Å². The Labute approximate surface area is 142 Å². The monoisotopic (exact) mass is 326 g/mol. The number of hydrogen-bond acceptors (Lipinski definition) is 3. The van der Waals surface area contributed by atoms with Crippen LogP contribution in [0, 0.1) is 26.7 Å². The summed E-state index contributed by atoms with van der Waals surface area (Å²) in [6.45, 7) is 15.8. The number of aryl methyl sites for hydroxylation is 2. The Bertz CT molecular complexity index is 372. The van der Waals surface area contributed by atoms with Crippen LogP contribution >= 0.6 is 11.3 Å². The lowest BCUT2D eigenvalue weighted by molar-refractivity contribution is 0.102. The summed E-state index contributed by atoms with van der Waals surface area (Å²) in [7, 11) is 0. The first-order chi connectivity index (χ1) is 10.5. The molecule has 0 saturated heterocycles. The van der Waals surface area contributed by atoms with Crippen molar-refractivity contribution in [2.45, 2.75) is 67.7 Å². The molecule has 0 atom stereocenters. The second-order valence-corrected chi connectivity index (χ2v) is 5.65. The molecule has 0 aliphatic carbocycles. The number of ether oxygens (including phenoxy) is 1. The summed E-state index contributed by atoms with van der Waals surface area (Å²) in [5.41, 5.74) is 1.11. The van der Waals surface area contributed by atoms with Gasteiger partial charge in [0.1, 0.15) is 0 Å². The molecule has 0 unspecified atom stereocenters. The lowest BCUT2D eigenvalue weighted by Crippen LogP contribution is -1.93. The number of hydrogen-bond donors (Lipinski definition) is 0. The maximum atomic E-state index is 10.9. The van der Waals surface area contributed by atoms with Gasteiger partial charge < -0.3 is 4.74 Å². The van der Waals surface area contributed by atoms with Gasteiger partial charge in [0.15, 0.2) is 5.78 Å². The van der Waals surface area contributed by atoms with Crippen molar-refractivity contribution >= 4 is 17.1 Å². The normalized spacial score (nSPS) is 8.41. The lowest BCUT2D eigenvalue weighted by atomic mass is 10.2. The maximum Gasteiger partial charge on any atom is 0.169 e. The van der Waals surface area contributed by atoms with Gasteiger partial charge in [0.2, 0.25) is 0 Å². The molecule has 2 nitrogen and oxygen atoms in total. The Balaban J connectivity index is -0.000000272. The van der Waals surface area contributed by atoms with Crippen LogP contribution in [0.4, 0.5) is 0 Å². The van der Waals surface area contributed by atoms with Crippen LogP contribution in [0.25, 0.3) is 0 Å². The lowest BCUT2D eigenvalue weighted by Gasteiger charge is -1.97. The molecule has 22 heavy (non-hydrogen) atoms. The first-order valence-corrected chi connectivity index (χ1v) is 8.83. The Kier molecular flexibility index (Phi) is 23.3. The van der Waals surface area contributed by atoms with Crippen molar-refractivity contribution < 1.29 is 9.53 Å². The number of ketones is 1. The van der Waals surface area contributed by atoms with E-state index in [9.17, 15) is 4.79 Å². The predicted octanol–water partition coefficient (Wildman–Crippen LogP) is 6.06. The van der Waals surface area contributed by atoms with E-state index in [1.165, 1.54) is 17.7 Å². The molecule has 1 rings (SSSR count). The molecular weight excluding hydrogens is 292 g/mol. The van der Waals surface area contributed by atoms with Gasteiger partial charge in [0.05, 0.1) is 4.88 Å². The van der Waals surface area contributed by atoms with Gasteiger partial charge in [-0.2, -0.15) is 0 Å². The zero-order valence-electron chi connectivity index (χ0n) is 15.5. The van der Waals surface area contributed by atoms with Crippen LogP contribution in [0.3, 0.4) is 0 Å². The minimum absolute atomic E-state index is 0.176. The largest absolute Gasteiger partial charge is 0.381 e. The third kappa shape index (κ3) is 15.3. The molecule has 0 fully saturated rings. The van der Waals surface area contributed by atoms with Crippen molar-refractivity contribution in [2.75, 3.05) is 13.2 Å². The molecule has 0 aliphatic heterocycles. The van der Waals surface area contributed by atoms with Gasteiger partial charge in [-0.1, -0.05) is 34.1 Å². The topological polar surface area (TPSA) is 26.3 Å². The number of terminal acetylenes is 1. The van der Waals surface area contributed by atoms with Crippen molar-refractivity contribution in [3.63, 3.8) is 0 Å². The molecule has 0 aromatic carbocycles. The highest BCUT2D eigenvalue weighted by Crippen LogP contribution is 2.20. The summed E-state index contributed by atoms with van der Waals surface area (Å²) in [5, 5.41) is 0. The molecule has 0 spiro atoms. The number of carbonyl (C=O) groups is 1. The Morgan fingerprint density at radius 3 is 1.95 bits per heavy atom. The first-order valence-electron chi connectivity index (χ1n) is 8.01. The summed E-state index contributed by atoms with van der Waals surface area (Å²) in [5.74, 6) is 0.176. The number of unbranched alkanes of at least 4 members (excludes halogenated alkanes) is 1. The molecule has 0 aliphatic rings. The van der Waals surface area contributed by atoms with E-state index in [0.29, 0.717) is 0 Å². The van der Waals surface area contributed by atoms with Gasteiger partial charge in [0.25, 0.3) is 0 Å². The summed E-state index contributed by atoms with van der Waals surface area (Å²) in [6.07, 6.45) is 11.6. The molecule has 0 radical (unpaired) electrons. The standard InChI is InChI=1S/C8H10OS.C7H16O.C2H6.C2H2/c1-5-4-6(2)10-8(5)7(3)9;1-3-5-7-8-6-4-2;2*1-2/h4H,1-3H3;3-7H2,1-2H3;1-2H3;1-2H. The molecule has 0 amide bonds. The summed E-state index contributed by atoms with van der Waals surface area (Å²) >= 11 is 1.57. The highest BCUT2D eigenvalue weighted by molar-refractivity contribution is 7.14. The van der Waals surface area contributed by atoms with Crippen LogP contribution in [0.1, 0.15) is 74.0 Å². The molecule has 1 aromatic heterocycles. The minimum atomic E-state index is 0.176. The molecule has 0 N–H and O–H groups in total. The Hall–Kier alpha value is -1.11. The molecule has 3 heteroatoms. The molecular formula is C19H34O2S. The van der Waals surface area contributed by atoms with Crippen LogP contribution in [0.2, 0.25) is 0 Å². The van der Waals surface area contributed by atoms with Crippen LogP contribution in [-0.4, -0.2) is 19.0 Å². The average molecular weight is 327 g/mol. The molecule has 1 heterocycles. The van der Waals surface area contributed by atoms with Gasteiger partial charge in [-0.05, 0) is 45.2 Å². The van der Waals surface area contributed by atoms with E-state index in [0.717, 1.165) is 30.1 Å². The number of rotatable bonds is 6. The Morgan fingerprint density at radius 1 is 1.14 bits per heavy atom. The van der Waals surface area contributed by atoms with Gasteiger partial charge in [0, 0.05) is 18.1 Å². The quantitative estimate of drug-likeness (QED) is 0.361. The van der Waals surface area contributed by atoms with Crippen LogP contribution in [0.5, 0.6) is 0 Å². The SMILES string of the molecule is C#C.CC.CC(=O)c1sc(C)cc1C.CCCCOCCC. The Morgan fingerprint density at radius 2 is 1.68 bits per heavy atom. The van der Waals surface area contributed by atoms with Gasteiger partial charge in [-0.3, -0.25) is 4.79 Å². The van der Waals surface area contributed by atoms with Gasteiger partial charge in [-0.15, -0.1) is 24.2 Å². The second kappa shape index (κ2) is 19.9. The van der Waals surface area contributed by atoms with E-state index in [-0.39, 0.29) is 5.78 Å². The van der Waals surface area contributed by atoms with E-state index < -0.39 is 0 Å². The van der Waals surface area contributed by atoms with Crippen molar-refractivity contribution in [1.82, 2.24) is 0 Å². The van der Waals surface area contributed by atoms with E-state index in [1.54, 1.807) is 18.3 Å². The third-order valence-corrected chi connectivity index (χ3v) is 3.60. The predicted molar refractivity (Wildman–Crippen MR) is 101 cm³/mol. The van der Waals surface area contributed by atoms with Crippen molar-refractivity contribution in [3.8, 4) is 12.8 Å². The number of thiophene rings is 1. The smallest absolute Gasteiger partial charge is 0.169 e. The van der Waals surface area contributed by atoms with Gasteiger partial charge >= 0.3 is 0 Å².